The number of fused-ring (bicyclic) bond motifs is 1. The summed E-state index contributed by atoms with van der Waals surface area (Å²) in [5, 5.41) is 4.83. The zero-order valence-electron chi connectivity index (χ0n) is 14.9. The first-order valence-corrected chi connectivity index (χ1v) is 11.5. The van der Waals surface area contributed by atoms with E-state index in [9.17, 15) is 13.2 Å². The molecule has 1 aliphatic heterocycles. The molecule has 0 saturated carbocycles. The summed E-state index contributed by atoms with van der Waals surface area (Å²) in [6, 6.07) is 6.38. The smallest absolute Gasteiger partial charge is 0.256 e. The van der Waals surface area contributed by atoms with Gasteiger partial charge in [0, 0.05) is 29.0 Å². The van der Waals surface area contributed by atoms with Gasteiger partial charge in [-0.25, -0.2) is 8.42 Å². The maximum atomic E-state index is 12.7. The second-order valence-electron chi connectivity index (χ2n) is 6.75. The number of carbonyl (C=O) groups is 1. The molecule has 0 atom stereocenters. The Morgan fingerprint density at radius 3 is 2.52 bits per heavy atom. The first kappa shape index (κ1) is 18.6. The van der Waals surface area contributed by atoms with Crippen LogP contribution in [0.1, 0.15) is 33.6 Å². The van der Waals surface area contributed by atoms with E-state index in [0.717, 1.165) is 24.8 Å². The van der Waals surface area contributed by atoms with Crippen LogP contribution in [-0.4, -0.2) is 44.9 Å². The molecular formula is C19H22N2O4S2. The molecule has 0 unspecified atom stereocenters. The highest BCUT2D eigenvalue weighted by Crippen LogP contribution is 2.30. The Morgan fingerprint density at radius 1 is 1.07 bits per heavy atom. The number of ether oxygens (including phenoxy) is 1. The first-order valence-electron chi connectivity index (χ1n) is 9.14. The largest absolute Gasteiger partial charge is 0.379 e. The van der Waals surface area contributed by atoms with Crippen LogP contribution < -0.4 is 5.32 Å². The summed E-state index contributed by atoms with van der Waals surface area (Å²) in [6.07, 6.45) is 4.32. The second kappa shape index (κ2) is 7.71. The highest BCUT2D eigenvalue weighted by atomic mass is 32.2. The summed E-state index contributed by atoms with van der Waals surface area (Å²) in [4.78, 5) is 14.2. The molecule has 2 aliphatic rings. The number of amides is 1. The average molecular weight is 407 g/mol. The Labute approximate surface area is 163 Å². The van der Waals surface area contributed by atoms with Crippen molar-refractivity contribution in [1.29, 1.82) is 0 Å². The van der Waals surface area contributed by atoms with Gasteiger partial charge in [0.05, 0.1) is 23.7 Å². The van der Waals surface area contributed by atoms with Crippen LogP contribution in [0.2, 0.25) is 0 Å². The number of benzene rings is 1. The van der Waals surface area contributed by atoms with E-state index in [0.29, 0.717) is 32.0 Å². The molecule has 0 radical (unpaired) electrons. The summed E-state index contributed by atoms with van der Waals surface area (Å²) >= 11 is 1.66. The van der Waals surface area contributed by atoms with E-state index < -0.39 is 10.0 Å². The lowest BCUT2D eigenvalue weighted by Gasteiger charge is -2.26. The predicted molar refractivity (Wildman–Crippen MR) is 105 cm³/mol. The Morgan fingerprint density at radius 2 is 1.78 bits per heavy atom. The normalized spacial score (nSPS) is 18.1. The van der Waals surface area contributed by atoms with Gasteiger partial charge in [-0.3, -0.25) is 4.79 Å². The predicted octanol–water partition coefficient (Wildman–Crippen LogP) is 2.90. The van der Waals surface area contributed by atoms with Gasteiger partial charge in [0.15, 0.2) is 0 Å². The Bertz CT molecular complexity index is 929. The van der Waals surface area contributed by atoms with Crippen molar-refractivity contribution < 1.29 is 17.9 Å². The van der Waals surface area contributed by atoms with Crippen molar-refractivity contribution in [3.63, 3.8) is 0 Å². The summed E-state index contributed by atoms with van der Waals surface area (Å²) < 4.78 is 32.0. The highest BCUT2D eigenvalue weighted by Gasteiger charge is 2.26. The van der Waals surface area contributed by atoms with Crippen molar-refractivity contribution >= 4 is 33.0 Å². The molecule has 4 rings (SSSR count). The SMILES string of the molecule is O=C(Nc1ccc(S(=O)(=O)N2CCOCC2)cc1)c1csc2c1CCCC2. The van der Waals surface area contributed by atoms with Crippen LogP contribution in [0.3, 0.4) is 0 Å². The lowest BCUT2D eigenvalue weighted by molar-refractivity contribution is 0.0730. The third-order valence-corrected chi connectivity index (χ3v) is 8.03. The topological polar surface area (TPSA) is 75.7 Å². The molecule has 0 bridgehead atoms. The second-order valence-corrected chi connectivity index (χ2v) is 9.66. The van der Waals surface area contributed by atoms with E-state index >= 15 is 0 Å². The van der Waals surface area contributed by atoms with Crippen molar-refractivity contribution in [3.05, 3.63) is 45.6 Å². The molecule has 1 aromatic carbocycles. The van der Waals surface area contributed by atoms with Crippen LogP contribution in [0.25, 0.3) is 0 Å². The Hall–Kier alpha value is -1.74. The minimum absolute atomic E-state index is 0.127. The quantitative estimate of drug-likeness (QED) is 0.847. The van der Waals surface area contributed by atoms with E-state index in [1.165, 1.54) is 21.2 Å². The average Bonchev–Trinajstić information content (AvgIpc) is 3.13. The number of hydrogen-bond acceptors (Lipinski definition) is 5. The number of morpholine rings is 1. The molecule has 2 aromatic rings. The number of hydrogen-bond donors (Lipinski definition) is 1. The monoisotopic (exact) mass is 406 g/mol. The third-order valence-electron chi connectivity index (χ3n) is 5.03. The molecule has 1 aromatic heterocycles. The maximum Gasteiger partial charge on any atom is 0.256 e. The zero-order valence-corrected chi connectivity index (χ0v) is 16.6. The number of carbonyl (C=O) groups excluding carboxylic acids is 1. The van der Waals surface area contributed by atoms with Gasteiger partial charge in [0.2, 0.25) is 10.0 Å². The Kier molecular flexibility index (Phi) is 5.32. The number of rotatable bonds is 4. The van der Waals surface area contributed by atoms with Gasteiger partial charge in [-0.1, -0.05) is 0 Å². The molecule has 2 heterocycles. The van der Waals surface area contributed by atoms with Crippen molar-refractivity contribution in [3.8, 4) is 0 Å². The van der Waals surface area contributed by atoms with Crippen LogP contribution in [0.5, 0.6) is 0 Å². The van der Waals surface area contributed by atoms with Gasteiger partial charge >= 0.3 is 0 Å². The molecule has 0 spiro atoms. The van der Waals surface area contributed by atoms with Crippen LogP contribution in [0, 0.1) is 0 Å². The lowest BCUT2D eigenvalue weighted by Crippen LogP contribution is -2.40. The molecule has 1 aliphatic carbocycles. The molecular weight excluding hydrogens is 384 g/mol. The van der Waals surface area contributed by atoms with Crippen LogP contribution in [-0.2, 0) is 27.6 Å². The molecule has 27 heavy (non-hydrogen) atoms. The first-order chi connectivity index (χ1) is 13.1. The van der Waals surface area contributed by atoms with Gasteiger partial charge < -0.3 is 10.1 Å². The molecule has 1 saturated heterocycles. The highest BCUT2D eigenvalue weighted by molar-refractivity contribution is 7.89. The van der Waals surface area contributed by atoms with Gasteiger partial charge in [0.1, 0.15) is 0 Å². The molecule has 6 nitrogen and oxygen atoms in total. The fraction of sp³-hybridized carbons (Fsp3) is 0.421. The van der Waals surface area contributed by atoms with Gasteiger partial charge in [-0.05, 0) is 55.5 Å². The van der Waals surface area contributed by atoms with Gasteiger partial charge in [-0.15, -0.1) is 11.3 Å². The molecule has 1 amide bonds. The standard InChI is InChI=1S/C19H22N2O4S2/c22-19(17-13-26-18-4-2-1-3-16(17)18)20-14-5-7-15(8-6-14)27(23,24)21-9-11-25-12-10-21/h5-8,13H,1-4,9-12H2,(H,20,22). The number of nitrogens with one attached hydrogen (secondary N) is 1. The number of sulfonamides is 1. The minimum Gasteiger partial charge on any atom is -0.379 e. The lowest BCUT2D eigenvalue weighted by atomic mass is 9.95. The molecule has 1 fully saturated rings. The van der Waals surface area contributed by atoms with E-state index in [-0.39, 0.29) is 10.8 Å². The van der Waals surface area contributed by atoms with E-state index in [2.05, 4.69) is 5.32 Å². The maximum absolute atomic E-state index is 12.7. The van der Waals surface area contributed by atoms with E-state index in [4.69, 9.17) is 4.74 Å². The number of aryl methyl sites for hydroxylation is 1. The fourth-order valence-electron chi connectivity index (χ4n) is 3.53. The van der Waals surface area contributed by atoms with Crippen molar-refractivity contribution in [1.82, 2.24) is 4.31 Å². The number of thiophene rings is 1. The summed E-state index contributed by atoms with van der Waals surface area (Å²) in [6.45, 7) is 1.56. The number of anilines is 1. The van der Waals surface area contributed by atoms with Gasteiger partial charge in [0.25, 0.3) is 5.91 Å². The fourth-order valence-corrected chi connectivity index (χ4v) is 6.06. The zero-order chi connectivity index (χ0) is 18.9. The summed E-state index contributed by atoms with van der Waals surface area (Å²) in [5.74, 6) is -0.127. The number of nitrogens with zero attached hydrogens (tertiary/aromatic N) is 1. The summed E-state index contributed by atoms with van der Waals surface area (Å²) in [5.41, 5.74) is 2.52. The van der Waals surface area contributed by atoms with Crippen molar-refractivity contribution in [2.75, 3.05) is 31.6 Å². The molecule has 144 valence electrons. The summed E-state index contributed by atoms with van der Waals surface area (Å²) in [7, 11) is -3.52. The van der Waals surface area contributed by atoms with Crippen molar-refractivity contribution in [2.24, 2.45) is 0 Å². The minimum atomic E-state index is -3.52. The molecule has 8 heteroatoms. The molecule has 1 N–H and O–H groups in total. The third kappa shape index (κ3) is 3.80. The van der Waals surface area contributed by atoms with Crippen LogP contribution >= 0.6 is 11.3 Å². The van der Waals surface area contributed by atoms with E-state index in [1.54, 1.807) is 35.6 Å². The Balaban J connectivity index is 1.48. The van der Waals surface area contributed by atoms with Crippen LogP contribution in [0.15, 0.2) is 34.5 Å². The van der Waals surface area contributed by atoms with Gasteiger partial charge in [-0.2, -0.15) is 4.31 Å². The van der Waals surface area contributed by atoms with E-state index in [1.807, 2.05) is 5.38 Å². The van der Waals surface area contributed by atoms with Crippen LogP contribution in [0.4, 0.5) is 5.69 Å². The van der Waals surface area contributed by atoms with Crippen molar-refractivity contribution in [2.45, 2.75) is 30.6 Å².